The Kier molecular flexibility index (Phi) is 14.8. The third kappa shape index (κ3) is 10.9. The number of ether oxygens (including phenoxy) is 2. The first-order chi connectivity index (χ1) is 13.7. The number of hydrogen-bond acceptors (Lipinski definition) is 4. The topological polar surface area (TPSA) is 72.0 Å². The van der Waals surface area contributed by atoms with E-state index in [-0.39, 0.29) is 35.9 Å². The predicted octanol–water partition coefficient (Wildman–Crippen LogP) is 4.41. The number of guanidine groups is 1. The van der Waals surface area contributed by atoms with Crippen LogP contribution in [-0.2, 0) is 14.3 Å². The van der Waals surface area contributed by atoms with E-state index in [0.29, 0.717) is 18.8 Å². The van der Waals surface area contributed by atoms with Crippen LogP contribution in [-0.4, -0.2) is 50.9 Å². The lowest BCUT2D eigenvalue weighted by molar-refractivity contribution is -0.149. The van der Waals surface area contributed by atoms with Crippen LogP contribution in [0.5, 0.6) is 0 Å². The Bertz CT molecular complexity index is 462. The summed E-state index contributed by atoms with van der Waals surface area (Å²) in [5.41, 5.74) is 0. The fourth-order valence-corrected chi connectivity index (χ4v) is 4.21. The number of carbonyl (C=O) groups excluding carboxylic acids is 1. The maximum atomic E-state index is 11.8. The van der Waals surface area contributed by atoms with Crippen LogP contribution in [0, 0.1) is 5.92 Å². The summed E-state index contributed by atoms with van der Waals surface area (Å²) in [4.78, 5) is 16.2. The predicted molar refractivity (Wildman–Crippen MR) is 129 cm³/mol. The lowest BCUT2D eigenvalue weighted by Gasteiger charge is -2.29. The van der Waals surface area contributed by atoms with Gasteiger partial charge in [-0.2, -0.15) is 0 Å². The number of aliphatic imine (C=N–C) groups is 1. The lowest BCUT2D eigenvalue weighted by atomic mass is 9.86. The monoisotopic (exact) mass is 523 g/mol. The first kappa shape index (κ1) is 26.5. The number of rotatable bonds is 10. The molecule has 0 saturated heterocycles. The molecular formula is C22H42IN3O3. The molecule has 2 N–H and O–H groups in total. The van der Waals surface area contributed by atoms with Crippen LogP contribution in [0.2, 0.25) is 0 Å². The molecule has 7 heteroatoms. The normalized spacial score (nSPS) is 23.2. The first-order valence-electron chi connectivity index (χ1n) is 11.5. The van der Waals surface area contributed by atoms with Crippen molar-refractivity contribution in [2.45, 2.75) is 96.1 Å². The van der Waals surface area contributed by atoms with Gasteiger partial charge >= 0.3 is 5.97 Å². The molecule has 0 bridgehead atoms. The zero-order valence-corrected chi connectivity index (χ0v) is 20.7. The number of carbonyl (C=O) groups is 1. The van der Waals surface area contributed by atoms with Gasteiger partial charge in [-0.25, -0.2) is 0 Å². The van der Waals surface area contributed by atoms with E-state index in [0.717, 1.165) is 57.6 Å². The van der Waals surface area contributed by atoms with Crippen LogP contribution in [0.15, 0.2) is 4.99 Å². The van der Waals surface area contributed by atoms with Gasteiger partial charge in [0.2, 0.25) is 0 Å². The Morgan fingerprint density at radius 1 is 1.00 bits per heavy atom. The maximum absolute atomic E-state index is 11.8. The Morgan fingerprint density at radius 2 is 1.72 bits per heavy atom. The summed E-state index contributed by atoms with van der Waals surface area (Å²) in [5.74, 6) is 0.915. The molecule has 2 fully saturated rings. The fraction of sp³-hybridized carbons (Fsp3) is 0.909. The minimum atomic E-state index is -0.0316. The minimum Gasteiger partial charge on any atom is -0.466 e. The van der Waals surface area contributed by atoms with Crippen LogP contribution in [0.25, 0.3) is 0 Å². The number of halogens is 1. The molecule has 2 aliphatic rings. The second-order valence-corrected chi connectivity index (χ2v) is 8.14. The average molecular weight is 524 g/mol. The number of nitrogens with one attached hydrogen (secondary N) is 2. The number of esters is 1. The Hall–Kier alpha value is -0.570. The van der Waals surface area contributed by atoms with Crippen molar-refractivity contribution < 1.29 is 14.3 Å². The second-order valence-electron chi connectivity index (χ2n) is 8.14. The van der Waals surface area contributed by atoms with Crippen molar-refractivity contribution in [1.82, 2.24) is 10.6 Å². The molecule has 0 radical (unpaired) electrons. The largest absolute Gasteiger partial charge is 0.466 e. The quantitative estimate of drug-likeness (QED) is 0.146. The van der Waals surface area contributed by atoms with Crippen LogP contribution in [0.4, 0.5) is 0 Å². The van der Waals surface area contributed by atoms with Gasteiger partial charge < -0.3 is 20.1 Å². The van der Waals surface area contributed by atoms with Crippen molar-refractivity contribution in [1.29, 1.82) is 0 Å². The summed E-state index contributed by atoms with van der Waals surface area (Å²) < 4.78 is 11.1. The Labute approximate surface area is 194 Å². The van der Waals surface area contributed by atoms with Gasteiger partial charge in [0.05, 0.1) is 18.6 Å². The molecule has 0 aromatic rings. The highest BCUT2D eigenvalue weighted by Gasteiger charge is 2.27. The number of hydrogen-bond donors (Lipinski definition) is 2. The van der Waals surface area contributed by atoms with Gasteiger partial charge in [0, 0.05) is 26.2 Å². The highest BCUT2D eigenvalue weighted by atomic mass is 127. The number of unbranched alkanes of at least 4 members (excludes halogenated alkanes) is 2. The van der Waals surface area contributed by atoms with E-state index in [4.69, 9.17) is 9.47 Å². The molecular weight excluding hydrogens is 481 g/mol. The molecule has 0 aliphatic heterocycles. The summed E-state index contributed by atoms with van der Waals surface area (Å²) in [6.07, 6.45) is 14.3. The van der Waals surface area contributed by atoms with Gasteiger partial charge in [-0.3, -0.25) is 9.79 Å². The summed E-state index contributed by atoms with van der Waals surface area (Å²) >= 11 is 0. The van der Waals surface area contributed by atoms with Gasteiger partial charge in [0.15, 0.2) is 5.96 Å². The highest BCUT2D eigenvalue weighted by molar-refractivity contribution is 14.0. The molecule has 2 aliphatic carbocycles. The van der Waals surface area contributed by atoms with E-state index in [1.54, 1.807) is 0 Å². The molecule has 170 valence electrons. The van der Waals surface area contributed by atoms with Crippen molar-refractivity contribution >= 4 is 35.9 Å². The summed E-state index contributed by atoms with van der Waals surface area (Å²) in [6.45, 7) is 4.17. The third-order valence-corrected chi connectivity index (χ3v) is 5.93. The van der Waals surface area contributed by atoms with E-state index in [1.165, 1.54) is 38.5 Å². The van der Waals surface area contributed by atoms with Gasteiger partial charge in [0.25, 0.3) is 0 Å². The van der Waals surface area contributed by atoms with Crippen LogP contribution >= 0.6 is 24.0 Å². The summed E-state index contributed by atoms with van der Waals surface area (Å²) in [6, 6.07) is 0.390. The van der Waals surface area contributed by atoms with Gasteiger partial charge in [0.1, 0.15) is 0 Å². The van der Waals surface area contributed by atoms with Crippen molar-refractivity contribution in [2.75, 3.05) is 26.8 Å². The summed E-state index contributed by atoms with van der Waals surface area (Å²) in [7, 11) is 1.82. The molecule has 0 amide bonds. The second kappa shape index (κ2) is 16.2. The molecule has 29 heavy (non-hydrogen) atoms. The maximum Gasteiger partial charge on any atom is 0.308 e. The van der Waals surface area contributed by atoms with Crippen LogP contribution in [0.3, 0.4) is 0 Å². The molecule has 0 aromatic carbocycles. The minimum absolute atomic E-state index is 0. The molecule has 2 rings (SSSR count). The van der Waals surface area contributed by atoms with Crippen molar-refractivity contribution in [2.24, 2.45) is 10.9 Å². The van der Waals surface area contributed by atoms with Gasteiger partial charge in [-0.1, -0.05) is 19.3 Å². The smallest absolute Gasteiger partial charge is 0.308 e. The Balaban J connectivity index is 0.00000420. The highest BCUT2D eigenvalue weighted by Crippen LogP contribution is 2.25. The molecule has 2 saturated carbocycles. The molecule has 0 unspecified atom stereocenters. The van der Waals surface area contributed by atoms with Crippen LogP contribution < -0.4 is 10.6 Å². The molecule has 0 aromatic heterocycles. The van der Waals surface area contributed by atoms with Gasteiger partial charge in [-0.05, 0) is 64.7 Å². The first-order valence-corrected chi connectivity index (χ1v) is 11.5. The van der Waals surface area contributed by atoms with E-state index >= 15 is 0 Å². The van der Waals surface area contributed by atoms with E-state index in [9.17, 15) is 4.79 Å². The molecule has 0 atom stereocenters. The summed E-state index contributed by atoms with van der Waals surface area (Å²) in [5, 5.41) is 6.92. The number of nitrogens with zero attached hydrogens (tertiary/aromatic N) is 1. The zero-order chi connectivity index (χ0) is 20.0. The molecule has 6 nitrogen and oxygen atoms in total. The fourth-order valence-electron chi connectivity index (χ4n) is 4.21. The zero-order valence-electron chi connectivity index (χ0n) is 18.4. The van der Waals surface area contributed by atoms with E-state index in [2.05, 4.69) is 15.6 Å². The van der Waals surface area contributed by atoms with Crippen LogP contribution in [0.1, 0.15) is 84.0 Å². The van der Waals surface area contributed by atoms with Crippen molar-refractivity contribution in [3.63, 3.8) is 0 Å². The lowest BCUT2D eigenvalue weighted by Crippen LogP contribution is -2.45. The van der Waals surface area contributed by atoms with Crippen molar-refractivity contribution in [3.05, 3.63) is 0 Å². The molecule has 0 spiro atoms. The standard InChI is InChI=1S/C22H41N3O3.HI/c1-3-27-21(26)18-12-14-19(15-13-18)25-22(23-2)24-16-8-5-9-17-28-20-10-6-4-7-11-20;/h18-20H,3-17H2,1-2H3,(H2,23,24,25);1H. The SMILES string of the molecule is CCOC(=O)C1CCC(NC(=NC)NCCCCCOC2CCCCC2)CC1.I. The average Bonchev–Trinajstić information content (AvgIpc) is 2.73. The van der Waals surface area contributed by atoms with Crippen molar-refractivity contribution in [3.8, 4) is 0 Å². The van der Waals surface area contributed by atoms with E-state index < -0.39 is 0 Å². The third-order valence-electron chi connectivity index (χ3n) is 5.93. The van der Waals surface area contributed by atoms with Gasteiger partial charge in [-0.15, -0.1) is 24.0 Å². The Morgan fingerprint density at radius 3 is 2.38 bits per heavy atom. The molecule has 0 heterocycles. The van der Waals surface area contributed by atoms with E-state index in [1.807, 2.05) is 14.0 Å².